The maximum atomic E-state index is 12.2. The molecule has 0 radical (unpaired) electrons. The number of hydrogen-bond acceptors (Lipinski definition) is 5. The molecule has 0 N–H and O–H groups in total. The Morgan fingerprint density at radius 1 is 1.22 bits per heavy atom. The summed E-state index contributed by atoms with van der Waals surface area (Å²) in [5, 5.41) is 11.8. The van der Waals surface area contributed by atoms with Crippen molar-refractivity contribution in [2.45, 2.75) is 6.92 Å². The molecular weight excluding hydrogens is 272 g/mol. The van der Waals surface area contributed by atoms with Crippen molar-refractivity contribution >= 4 is 27.9 Å². The highest BCUT2D eigenvalue weighted by molar-refractivity contribution is 7.20. The van der Waals surface area contributed by atoms with E-state index in [1.807, 2.05) is 31.2 Å². The second-order valence-electron chi connectivity index (χ2n) is 3.77. The predicted molar refractivity (Wildman–Crippen MR) is 70.1 cm³/mol. The summed E-state index contributed by atoms with van der Waals surface area (Å²) in [5.41, 5.74) is 1.79. The average Bonchev–Trinajstić information content (AvgIpc) is 2.73. The van der Waals surface area contributed by atoms with E-state index in [1.54, 1.807) is 0 Å². The molecule has 3 rings (SSSR count). The molecule has 18 heavy (non-hydrogen) atoms. The zero-order valence-electron chi connectivity index (χ0n) is 9.29. The minimum absolute atomic E-state index is 0.266. The molecule has 0 spiro atoms. The van der Waals surface area contributed by atoms with Crippen molar-refractivity contribution in [1.29, 1.82) is 0 Å². The van der Waals surface area contributed by atoms with Gasteiger partial charge in [0.1, 0.15) is 0 Å². The highest BCUT2D eigenvalue weighted by Gasteiger charge is 2.12. The third-order valence-electron chi connectivity index (χ3n) is 2.49. The maximum Gasteiger partial charge on any atom is 0.302 e. The fourth-order valence-corrected chi connectivity index (χ4v) is 2.43. The van der Waals surface area contributed by atoms with E-state index in [-0.39, 0.29) is 15.7 Å². The number of benzene rings is 1. The zero-order valence-corrected chi connectivity index (χ0v) is 10.9. The number of aryl methyl sites for hydroxylation is 1. The van der Waals surface area contributed by atoms with Gasteiger partial charge >= 0.3 is 5.56 Å². The highest BCUT2D eigenvalue weighted by atomic mass is 35.5. The number of rotatable bonds is 1. The maximum absolute atomic E-state index is 12.2. The molecular formula is C11H7ClN4OS. The summed E-state index contributed by atoms with van der Waals surface area (Å²) in [6.45, 7) is 1.98. The molecule has 0 unspecified atom stereocenters. The normalized spacial score (nSPS) is 11.0. The second kappa shape index (κ2) is 4.15. The largest absolute Gasteiger partial charge is 0.302 e. The minimum Gasteiger partial charge on any atom is -0.265 e. The van der Waals surface area contributed by atoms with Gasteiger partial charge in [0, 0.05) is 5.56 Å². The van der Waals surface area contributed by atoms with Crippen molar-refractivity contribution in [3.8, 4) is 11.3 Å². The molecule has 5 nitrogen and oxygen atoms in total. The summed E-state index contributed by atoms with van der Waals surface area (Å²) in [7, 11) is 0. The van der Waals surface area contributed by atoms with Gasteiger partial charge in [0.05, 0.1) is 0 Å². The zero-order chi connectivity index (χ0) is 12.7. The van der Waals surface area contributed by atoms with Crippen LogP contribution in [0.4, 0.5) is 0 Å². The first-order valence-corrected chi connectivity index (χ1v) is 6.34. The van der Waals surface area contributed by atoms with E-state index in [0.717, 1.165) is 22.5 Å². The van der Waals surface area contributed by atoms with Crippen molar-refractivity contribution < 1.29 is 0 Å². The lowest BCUT2D eigenvalue weighted by atomic mass is 10.1. The summed E-state index contributed by atoms with van der Waals surface area (Å²) < 4.78 is 1.44. The van der Waals surface area contributed by atoms with E-state index in [9.17, 15) is 4.79 Å². The summed E-state index contributed by atoms with van der Waals surface area (Å²) >= 11 is 6.87. The Labute approximate surface area is 111 Å². The van der Waals surface area contributed by atoms with E-state index in [0.29, 0.717) is 4.96 Å². The summed E-state index contributed by atoms with van der Waals surface area (Å²) in [4.78, 5) is 12.6. The van der Waals surface area contributed by atoms with Crippen molar-refractivity contribution in [3.63, 3.8) is 0 Å². The average molecular weight is 279 g/mol. The Bertz CT molecular complexity index is 778. The van der Waals surface area contributed by atoms with Gasteiger partial charge in [-0.2, -0.15) is 4.52 Å². The Morgan fingerprint density at radius 2 is 1.94 bits per heavy atom. The van der Waals surface area contributed by atoms with Crippen molar-refractivity contribution in [2.24, 2.45) is 0 Å². The van der Waals surface area contributed by atoms with Gasteiger partial charge in [-0.05, 0) is 18.5 Å². The van der Waals surface area contributed by atoms with Crippen LogP contribution >= 0.6 is 22.9 Å². The number of fused-ring (bicyclic) bond motifs is 1. The molecule has 0 amide bonds. The van der Waals surface area contributed by atoms with Crippen LogP contribution in [-0.4, -0.2) is 19.8 Å². The van der Waals surface area contributed by atoms with Crippen LogP contribution in [0.2, 0.25) is 4.47 Å². The van der Waals surface area contributed by atoms with Gasteiger partial charge < -0.3 is 0 Å². The fourth-order valence-electron chi connectivity index (χ4n) is 1.58. The molecule has 0 aliphatic carbocycles. The molecule has 7 heteroatoms. The van der Waals surface area contributed by atoms with E-state index in [2.05, 4.69) is 15.3 Å². The van der Waals surface area contributed by atoms with Gasteiger partial charge in [-0.3, -0.25) is 4.79 Å². The lowest BCUT2D eigenvalue weighted by Gasteiger charge is -1.99. The first-order chi connectivity index (χ1) is 8.65. The highest BCUT2D eigenvalue weighted by Crippen LogP contribution is 2.17. The monoisotopic (exact) mass is 278 g/mol. The van der Waals surface area contributed by atoms with Gasteiger partial charge in [-0.25, -0.2) is 0 Å². The number of halogens is 1. The number of hydrogen-bond donors (Lipinski definition) is 0. The molecule has 3 aromatic rings. The quantitative estimate of drug-likeness (QED) is 0.684. The molecule has 0 saturated carbocycles. The van der Waals surface area contributed by atoms with Crippen LogP contribution in [0.25, 0.3) is 16.2 Å². The van der Waals surface area contributed by atoms with Crippen LogP contribution < -0.4 is 5.56 Å². The predicted octanol–water partition coefficient (Wildman–Crippen LogP) is 2.17. The van der Waals surface area contributed by atoms with E-state index in [1.165, 1.54) is 4.52 Å². The lowest BCUT2D eigenvalue weighted by Crippen LogP contribution is -2.18. The second-order valence-corrected chi connectivity index (χ2v) is 5.31. The molecule has 0 aliphatic heterocycles. The Morgan fingerprint density at radius 3 is 2.67 bits per heavy atom. The van der Waals surface area contributed by atoms with E-state index in [4.69, 9.17) is 11.6 Å². The molecule has 0 fully saturated rings. The SMILES string of the molecule is Cc1ccc(-c2nnc3sc(Cl)nn3c2=O)cc1. The molecule has 0 saturated heterocycles. The summed E-state index contributed by atoms with van der Waals surface area (Å²) in [5.74, 6) is 0. The Balaban J connectivity index is 2.26. The van der Waals surface area contributed by atoms with Gasteiger partial charge in [-0.1, -0.05) is 41.2 Å². The van der Waals surface area contributed by atoms with E-state index < -0.39 is 0 Å². The molecule has 2 heterocycles. The van der Waals surface area contributed by atoms with Gasteiger partial charge in [0.15, 0.2) is 5.69 Å². The molecule has 90 valence electrons. The number of nitrogens with zero attached hydrogens (tertiary/aromatic N) is 4. The third kappa shape index (κ3) is 1.79. The van der Waals surface area contributed by atoms with Crippen molar-refractivity contribution in [3.05, 3.63) is 44.6 Å². The fraction of sp³-hybridized carbons (Fsp3) is 0.0909. The topological polar surface area (TPSA) is 60.1 Å². The molecule has 0 bridgehead atoms. The Hall–Kier alpha value is -1.79. The first-order valence-electron chi connectivity index (χ1n) is 5.14. The van der Waals surface area contributed by atoms with Crippen LogP contribution in [0.15, 0.2) is 29.1 Å². The minimum atomic E-state index is -0.313. The van der Waals surface area contributed by atoms with Gasteiger partial charge in [0.2, 0.25) is 9.43 Å². The molecule has 2 aromatic heterocycles. The lowest BCUT2D eigenvalue weighted by molar-refractivity contribution is 0.859. The van der Waals surface area contributed by atoms with Gasteiger partial charge in [-0.15, -0.1) is 15.3 Å². The van der Waals surface area contributed by atoms with Crippen LogP contribution in [-0.2, 0) is 0 Å². The Kier molecular flexibility index (Phi) is 2.61. The first kappa shape index (κ1) is 11.3. The molecule has 0 atom stereocenters. The van der Waals surface area contributed by atoms with Crippen LogP contribution in [0.3, 0.4) is 0 Å². The third-order valence-corrected chi connectivity index (χ3v) is 3.49. The molecule has 1 aromatic carbocycles. The van der Waals surface area contributed by atoms with Crippen molar-refractivity contribution in [1.82, 2.24) is 19.8 Å². The molecule has 0 aliphatic rings. The van der Waals surface area contributed by atoms with E-state index >= 15 is 0 Å². The van der Waals surface area contributed by atoms with Gasteiger partial charge in [0.25, 0.3) is 0 Å². The summed E-state index contributed by atoms with van der Waals surface area (Å²) in [6.07, 6.45) is 0. The smallest absolute Gasteiger partial charge is 0.265 e. The van der Waals surface area contributed by atoms with Crippen LogP contribution in [0, 0.1) is 6.92 Å². The standard InChI is InChI=1S/C11H7ClN4OS/c1-6-2-4-7(5-3-6)8-9(17)16-11(14-13-8)18-10(12)15-16/h2-5H,1H3. The number of aromatic nitrogens is 4. The van der Waals surface area contributed by atoms with Crippen molar-refractivity contribution in [2.75, 3.05) is 0 Å². The summed E-state index contributed by atoms with van der Waals surface area (Å²) in [6, 6.07) is 7.50. The van der Waals surface area contributed by atoms with Crippen LogP contribution in [0.1, 0.15) is 5.56 Å². The van der Waals surface area contributed by atoms with Crippen LogP contribution in [0.5, 0.6) is 0 Å².